The highest BCUT2D eigenvalue weighted by Gasteiger charge is 2.19. The Kier molecular flexibility index (Phi) is 5.99. The Balaban J connectivity index is 2.98. The Labute approximate surface area is 137 Å². The number of amides is 1. The third kappa shape index (κ3) is 5.77. The highest BCUT2D eigenvalue weighted by molar-refractivity contribution is 9.10. The molecule has 0 aliphatic rings. The number of rotatable bonds is 4. The van der Waals surface area contributed by atoms with Gasteiger partial charge in [-0.2, -0.15) is 0 Å². The largest absolute Gasteiger partial charge is 0.496 e. The molecule has 0 fully saturated rings. The van der Waals surface area contributed by atoms with Crippen LogP contribution in [0.15, 0.2) is 28.4 Å². The van der Waals surface area contributed by atoms with Crippen LogP contribution in [-0.2, 0) is 9.53 Å². The second-order valence-corrected chi connectivity index (χ2v) is 6.24. The molecule has 1 rings (SSSR count). The van der Waals surface area contributed by atoms with E-state index in [-0.39, 0.29) is 5.70 Å². The number of halogens is 1. The summed E-state index contributed by atoms with van der Waals surface area (Å²) >= 11 is 3.31. The Bertz CT molecular complexity index is 604. The summed E-state index contributed by atoms with van der Waals surface area (Å²) in [7, 11) is 1.53. The zero-order valence-electron chi connectivity index (χ0n) is 12.8. The smallest absolute Gasteiger partial charge is 0.412 e. The molecule has 0 unspecified atom stereocenters. The van der Waals surface area contributed by atoms with Crippen molar-refractivity contribution < 1.29 is 24.2 Å². The number of methoxy groups -OCH3 is 1. The number of hydrogen-bond donors (Lipinski definition) is 2. The number of ether oxygens (including phenoxy) is 2. The van der Waals surface area contributed by atoms with Crippen molar-refractivity contribution >= 4 is 34.1 Å². The van der Waals surface area contributed by atoms with Gasteiger partial charge in [-0.1, -0.05) is 6.07 Å². The van der Waals surface area contributed by atoms with Crippen molar-refractivity contribution in [1.82, 2.24) is 5.32 Å². The van der Waals surface area contributed by atoms with Crippen molar-refractivity contribution in [3.05, 3.63) is 33.9 Å². The lowest BCUT2D eigenvalue weighted by Gasteiger charge is -2.19. The normalized spacial score (nSPS) is 11.8. The molecule has 0 saturated heterocycles. The molecule has 2 N–H and O–H groups in total. The fraction of sp³-hybridized carbons (Fsp3) is 0.333. The van der Waals surface area contributed by atoms with E-state index < -0.39 is 17.7 Å². The average molecular weight is 372 g/mol. The summed E-state index contributed by atoms with van der Waals surface area (Å²) in [5.41, 5.74) is -0.413. The monoisotopic (exact) mass is 371 g/mol. The van der Waals surface area contributed by atoms with Crippen molar-refractivity contribution in [2.45, 2.75) is 26.4 Å². The third-order valence-corrected chi connectivity index (χ3v) is 2.97. The van der Waals surface area contributed by atoms with E-state index in [1.807, 2.05) is 0 Å². The van der Waals surface area contributed by atoms with Crippen LogP contribution in [0, 0.1) is 0 Å². The van der Waals surface area contributed by atoms with Crippen LogP contribution in [0.1, 0.15) is 26.3 Å². The molecular weight excluding hydrogens is 354 g/mol. The summed E-state index contributed by atoms with van der Waals surface area (Å²) in [6.45, 7) is 5.08. The van der Waals surface area contributed by atoms with Gasteiger partial charge in [0, 0.05) is 0 Å². The lowest BCUT2D eigenvalue weighted by molar-refractivity contribution is -0.133. The molecule has 1 aromatic carbocycles. The maximum Gasteiger partial charge on any atom is 0.412 e. The lowest BCUT2D eigenvalue weighted by Crippen LogP contribution is -2.34. The minimum Gasteiger partial charge on any atom is -0.496 e. The Morgan fingerprint density at radius 2 is 1.95 bits per heavy atom. The predicted molar refractivity (Wildman–Crippen MR) is 85.7 cm³/mol. The maximum absolute atomic E-state index is 11.7. The van der Waals surface area contributed by atoms with Crippen LogP contribution in [0.25, 0.3) is 6.08 Å². The number of carboxylic acids is 1. The zero-order chi connectivity index (χ0) is 16.9. The topological polar surface area (TPSA) is 84.9 Å². The maximum atomic E-state index is 11.7. The molecule has 0 radical (unpaired) electrons. The molecule has 0 aromatic heterocycles. The SMILES string of the molecule is COc1ccc(C=C(NC(=O)OC(C)(C)C)C(=O)O)cc1Br. The van der Waals surface area contributed by atoms with Crippen LogP contribution in [0.4, 0.5) is 4.79 Å². The van der Waals surface area contributed by atoms with E-state index in [2.05, 4.69) is 21.2 Å². The van der Waals surface area contributed by atoms with Crippen molar-refractivity contribution in [2.24, 2.45) is 0 Å². The molecule has 22 heavy (non-hydrogen) atoms. The predicted octanol–water partition coefficient (Wildman–Crippen LogP) is 3.41. The number of aliphatic carboxylic acids is 1. The van der Waals surface area contributed by atoms with Gasteiger partial charge in [-0.15, -0.1) is 0 Å². The quantitative estimate of drug-likeness (QED) is 0.792. The number of carbonyl (C=O) groups excluding carboxylic acids is 1. The number of carboxylic acid groups (broad SMARTS) is 1. The fourth-order valence-corrected chi connectivity index (χ4v) is 2.06. The van der Waals surface area contributed by atoms with Crippen LogP contribution in [0.2, 0.25) is 0 Å². The third-order valence-electron chi connectivity index (χ3n) is 2.35. The number of carbonyl (C=O) groups is 2. The van der Waals surface area contributed by atoms with Gasteiger partial charge in [-0.25, -0.2) is 9.59 Å². The van der Waals surface area contributed by atoms with Crippen LogP contribution in [0.5, 0.6) is 5.75 Å². The van der Waals surface area contributed by atoms with Gasteiger partial charge in [0.1, 0.15) is 17.0 Å². The van der Waals surface area contributed by atoms with E-state index in [4.69, 9.17) is 9.47 Å². The van der Waals surface area contributed by atoms with E-state index in [0.717, 1.165) is 0 Å². The highest BCUT2D eigenvalue weighted by Crippen LogP contribution is 2.26. The molecule has 0 heterocycles. The number of hydrogen-bond acceptors (Lipinski definition) is 4. The Morgan fingerprint density at radius 1 is 1.32 bits per heavy atom. The van der Waals surface area contributed by atoms with Crippen molar-refractivity contribution in [1.29, 1.82) is 0 Å². The summed E-state index contributed by atoms with van der Waals surface area (Å²) in [5.74, 6) is -0.646. The second-order valence-electron chi connectivity index (χ2n) is 5.38. The van der Waals surface area contributed by atoms with Gasteiger partial charge in [0.2, 0.25) is 0 Å². The average Bonchev–Trinajstić information content (AvgIpc) is 2.35. The van der Waals surface area contributed by atoms with E-state index in [1.165, 1.54) is 13.2 Å². The molecule has 0 saturated carbocycles. The lowest BCUT2D eigenvalue weighted by atomic mass is 10.2. The van der Waals surface area contributed by atoms with Crippen molar-refractivity contribution in [3.63, 3.8) is 0 Å². The molecule has 1 aromatic rings. The van der Waals surface area contributed by atoms with Gasteiger partial charge in [0.25, 0.3) is 0 Å². The molecule has 120 valence electrons. The first kappa shape index (κ1) is 18.0. The molecule has 7 heteroatoms. The zero-order valence-corrected chi connectivity index (χ0v) is 14.4. The number of benzene rings is 1. The molecule has 1 amide bonds. The van der Waals surface area contributed by atoms with Crippen molar-refractivity contribution in [3.8, 4) is 5.75 Å². The first-order chi connectivity index (χ1) is 10.1. The molecule has 6 nitrogen and oxygen atoms in total. The van der Waals surface area contributed by atoms with Crippen LogP contribution in [0.3, 0.4) is 0 Å². The first-order valence-corrected chi connectivity index (χ1v) is 7.20. The van der Waals surface area contributed by atoms with Gasteiger partial charge in [-0.3, -0.25) is 5.32 Å². The molecule has 0 spiro atoms. The van der Waals surface area contributed by atoms with Gasteiger partial charge in [0.05, 0.1) is 11.6 Å². The number of nitrogens with one attached hydrogen (secondary N) is 1. The van der Waals surface area contributed by atoms with Crippen LogP contribution in [-0.4, -0.2) is 29.9 Å². The first-order valence-electron chi connectivity index (χ1n) is 6.41. The molecule has 0 bridgehead atoms. The van der Waals surface area contributed by atoms with Crippen LogP contribution < -0.4 is 10.1 Å². The minimum absolute atomic E-state index is 0.286. The molecule has 0 aliphatic carbocycles. The Morgan fingerprint density at radius 3 is 2.41 bits per heavy atom. The van der Waals surface area contributed by atoms with Gasteiger partial charge < -0.3 is 14.6 Å². The van der Waals surface area contributed by atoms with Gasteiger partial charge in [0.15, 0.2) is 0 Å². The van der Waals surface area contributed by atoms with Crippen molar-refractivity contribution in [2.75, 3.05) is 7.11 Å². The molecular formula is C15H18BrNO5. The summed E-state index contributed by atoms with van der Waals surface area (Å²) in [5, 5.41) is 11.4. The minimum atomic E-state index is -1.27. The van der Waals surface area contributed by atoms with E-state index in [9.17, 15) is 14.7 Å². The molecule has 0 atom stereocenters. The van der Waals surface area contributed by atoms with E-state index in [1.54, 1.807) is 39.0 Å². The summed E-state index contributed by atoms with van der Waals surface area (Å²) in [6.07, 6.45) is 0.505. The summed E-state index contributed by atoms with van der Waals surface area (Å²) in [6, 6.07) is 5.03. The van der Waals surface area contributed by atoms with E-state index in [0.29, 0.717) is 15.8 Å². The standard InChI is InChI=1S/C15H18BrNO5/c1-15(2,3)22-14(20)17-11(13(18)19)8-9-5-6-12(21-4)10(16)7-9/h5-8H,1-4H3,(H,17,20)(H,18,19). The molecule has 0 aliphatic heterocycles. The fourth-order valence-electron chi connectivity index (χ4n) is 1.50. The Hall–Kier alpha value is -2.02. The van der Waals surface area contributed by atoms with E-state index >= 15 is 0 Å². The van der Waals surface area contributed by atoms with Gasteiger partial charge >= 0.3 is 12.1 Å². The van der Waals surface area contributed by atoms with Crippen LogP contribution >= 0.6 is 15.9 Å². The summed E-state index contributed by atoms with van der Waals surface area (Å²) < 4.78 is 10.8. The number of alkyl carbamates (subject to hydrolysis) is 1. The second kappa shape index (κ2) is 7.31. The van der Waals surface area contributed by atoms with Gasteiger partial charge in [-0.05, 0) is 60.5 Å². The highest BCUT2D eigenvalue weighted by atomic mass is 79.9. The summed E-state index contributed by atoms with van der Waals surface area (Å²) in [4.78, 5) is 22.9.